The van der Waals surface area contributed by atoms with Crippen LogP contribution in [0.15, 0.2) is 66.9 Å². The Balaban J connectivity index is 1.11. The summed E-state index contributed by atoms with van der Waals surface area (Å²) in [5.74, 6) is 3.15. The van der Waals surface area contributed by atoms with Gasteiger partial charge in [-0.1, -0.05) is 24.3 Å². The van der Waals surface area contributed by atoms with E-state index in [1.165, 1.54) is 0 Å². The number of fused-ring (bicyclic) bond motifs is 1. The van der Waals surface area contributed by atoms with Gasteiger partial charge in [0, 0.05) is 50.0 Å². The number of aliphatic hydroxyl groups excluding tert-OH is 1. The summed E-state index contributed by atoms with van der Waals surface area (Å²) >= 11 is 0. The van der Waals surface area contributed by atoms with Crippen LogP contribution in [0.25, 0.3) is 0 Å². The SMILES string of the molecule is O=C(Nc1[nH]nc2c1CN(c1ccnc(N3CCN(CCO)CC3)n1)C2)c1cccc(Oc2ccccc2)c1. The molecule has 0 aliphatic carbocycles. The fourth-order valence-electron chi connectivity index (χ4n) is 4.89. The molecule has 2 aliphatic rings. The number of piperazine rings is 1. The summed E-state index contributed by atoms with van der Waals surface area (Å²) in [6, 6.07) is 18.4. The van der Waals surface area contributed by atoms with E-state index in [1.807, 2.05) is 42.5 Å². The van der Waals surface area contributed by atoms with E-state index in [0.717, 1.165) is 43.3 Å². The van der Waals surface area contributed by atoms with Gasteiger partial charge < -0.3 is 25.0 Å². The molecule has 1 saturated heterocycles. The molecule has 11 heteroatoms. The highest BCUT2D eigenvalue weighted by atomic mass is 16.5. The van der Waals surface area contributed by atoms with Crippen molar-refractivity contribution in [1.82, 2.24) is 25.1 Å². The van der Waals surface area contributed by atoms with Gasteiger partial charge in [0.1, 0.15) is 23.1 Å². The predicted octanol–water partition coefficient (Wildman–Crippen LogP) is 2.88. The number of nitrogens with zero attached hydrogens (tertiary/aromatic N) is 6. The Morgan fingerprint density at radius 3 is 2.62 bits per heavy atom. The zero-order valence-electron chi connectivity index (χ0n) is 21.5. The molecule has 0 atom stereocenters. The minimum Gasteiger partial charge on any atom is -0.457 e. The average molecular weight is 527 g/mol. The van der Waals surface area contributed by atoms with Gasteiger partial charge in [0.25, 0.3) is 5.91 Å². The second-order valence-electron chi connectivity index (χ2n) is 9.54. The van der Waals surface area contributed by atoms with Crippen LogP contribution in [0.4, 0.5) is 17.6 Å². The van der Waals surface area contributed by atoms with Crippen molar-refractivity contribution in [3.8, 4) is 11.5 Å². The van der Waals surface area contributed by atoms with Crippen LogP contribution in [0.3, 0.4) is 0 Å². The smallest absolute Gasteiger partial charge is 0.256 e. The summed E-state index contributed by atoms with van der Waals surface area (Å²) < 4.78 is 5.88. The van der Waals surface area contributed by atoms with Crippen LogP contribution in [0.5, 0.6) is 11.5 Å². The molecule has 0 unspecified atom stereocenters. The van der Waals surface area contributed by atoms with Crippen molar-refractivity contribution in [1.29, 1.82) is 0 Å². The Kier molecular flexibility index (Phi) is 7.07. The van der Waals surface area contributed by atoms with E-state index in [1.54, 1.807) is 24.4 Å². The van der Waals surface area contributed by atoms with Crippen LogP contribution in [0.2, 0.25) is 0 Å². The number of aromatic amines is 1. The number of rotatable bonds is 8. The fourth-order valence-corrected chi connectivity index (χ4v) is 4.89. The Labute approximate surface area is 226 Å². The van der Waals surface area contributed by atoms with Gasteiger partial charge in [-0.05, 0) is 36.4 Å². The van der Waals surface area contributed by atoms with Crippen molar-refractivity contribution in [2.75, 3.05) is 54.4 Å². The summed E-state index contributed by atoms with van der Waals surface area (Å²) in [6.45, 7) is 5.40. The first-order chi connectivity index (χ1) is 19.2. The highest BCUT2D eigenvalue weighted by Gasteiger charge is 2.28. The molecule has 4 heterocycles. The van der Waals surface area contributed by atoms with E-state index in [2.05, 4.69) is 35.2 Å². The zero-order valence-corrected chi connectivity index (χ0v) is 21.5. The van der Waals surface area contributed by atoms with Gasteiger partial charge in [-0.25, -0.2) is 4.98 Å². The highest BCUT2D eigenvalue weighted by Crippen LogP contribution is 2.31. The molecule has 0 spiro atoms. The molecule has 2 aromatic heterocycles. The van der Waals surface area contributed by atoms with Crippen LogP contribution in [-0.2, 0) is 13.1 Å². The second-order valence-corrected chi connectivity index (χ2v) is 9.54. The highest BCUT2D eigenvalue weighted by molar-refractivity contribution is 6.04. The number of β-amino-alcohol motifs (C(OH)–C–C–N with tert-alkyl or cyclic N) is 1. The van der Waals surface area contributed by atoms with Gasteiger partial charge in [0.15, 0.2) is 0 Å². The van der Waals surface area contributed by atoms with Crippen molar-refractivity contribution in [2.45, 2.75) is 13.1 Å². The Morgan fingerprint density at radius 2 is 1.79 bits per heavy atom. The number of benzene rings is 2. The fraction of sp³-hybridized carbons (Fsp3) is 0.286. The minimum absolute atomic E-state index is 0.174. The number of aromatic nitrogens is 4. The number of hydrogen-bond acceptors (Lipinski definition) is 9. The number of amides is 1. The first-order valence-electron chi connectivity index (χ1n) is 13.0. The van der Waals surface area contributed by atoms with Crippen LogP contribution in [0.1, 0.15) is 21.6 Å². The van der Waals surface area contributed by atoms with Gasteiger partial charge >= 0.3 is 0 Å². The van der Waals surface area contributed by atoms with E-state index in [9.17, 15) is 9.90 Å². The summed E-state index contributed by atoms with van der Waals surface area (Å²) in [6.07, 6.45) is 1.79. The van der Waals surface area contributed by atoms with Gasteiger partial charge in [0.05, 0.1) is 25.4 Å². The number of anilines is 3. The lowest BCUT2D eigenvalue weighted by atomic mass is 10.2. The maximum atomic E-state index is 13.1. The number of carbonyl (C=O) groups is 1. The van der Waals surface area contributed by atoms with E-state index >= 15 is 0 Å². The molecule has 0 saturated carbocycles. The van der Waals surface area contributed by atoms with E-state index in [0.29, 0.717) is 48.5 Å². The van der Waals surface area contributed by atoms with Crippen molar-refractivity contribution in [2.24, 2.45) is 0 Å². The topological polar surface area (TPSA) is 123 Å². The average Bonchev–Trinajstić information content (AvgIpc) is 3.56. The number of aliphatic hydroxyl groups is 1. The minimum atomic E-state index is -0.247. The molecule has 1 fully saturated rings. The largest absolute Gasteiger partial charge is 0.457 e. The van der Waals surface area contributed by atoms with Crippen LogP contribution < -0.4 is 19.9 Å². The molecule has 6 rings (SSSR count). The lowest BCUT2D eigenvalue weighted by molar-refractivity contribution is 0.102. The summed E-state index contributed by atoms with van der Waals surface area (Å²) in [5, 5.41) is 19.6. The van der Waals surface area contributed by atoms with Crippen LogP contribution >= 0.6 is 0 Å². The van der Waals surface area contributed by atoms with Gasteiger partial charge in [-0.2, -0.15) is 10.1 Å². The number of carbonyl (C=O) groups excluding carboxylic acids is 1. The van der Waals surface area contributed by atoms with E-state index in [4.69, 9.17) is 9.72 Å². The Bertz CT molecular complexity index is 1440. The lowest BCUT2D eigenvalue weighted by Crippen LogP contribution is -2.47. The molecule has 3 N–H and O–H groups in total. The number of hydrogen-bond donors (Lipinski definition) is 3. The van der Waals surface area contributed by atoms with Crippen molar-refractivity contribution < 1.29 is 14.6 Å². The second kappa shape index (κ2) is 11.1. The molecule has 39 heavy (non-hydrogen) atoms. The first kappa shape index (κ1) is 24.8. The van der Waals surface area contributed by atoms with E-state index in [-0.39, 0.29) is 12.5 Å². The molecule has 11 nitrogen and oxygen atoms in total. The van der Waals surface area contributed by atoms with E-state index < -0.39 is 0 Å². The predicted molar refractivity (Wildman–Crippen MR) is 147 cm³/mol. The van der Waals surface area contributed by atoms with Crippen molar-refractivity contribution >= 4 is 23.5 Å². The molecular weight excluding hydrogens is 496 g/mol. The lowest BCUT2D eigenvalue weighted by Gasteiger charge is -2.34. The van der Waals surface area contributed by atoms with Crippen molar-refractivity contribution in [3.63, 3.8) is 0 Å². The van der Waals surface area contributed by atoms with Crippen molar-refractivity contribution in [3.05, 3.63) is 83.7 Å². The Morgan fingerprint density at radius 1 is 0.974 bits per heavy atom. The number of nitrogens with one attached hydrogen (secondary N) is 2. The molecule has 4 aromatic rings. The third-order valence-electron chi connectivity index (χ3n) is 6.98. The third kappa shape index (κ3) is 5.54. The molecule has 0 radical (unpaired) electrons. The van der Waals surface area contributed by atoms with Crippen LogP contribution in [0, 0.1) is 0 Å². The zero-order chi connectivity index (χ0) is 26.6. The standard InChI is InChI=1S/C28H30N8O3/c37-16-15-34-11-13-35(14-12-34)28-29-10-9-25(30-28)36-18-23-24(19-36)32-33-26(23)31-27(38)20-5-4-8-22(17-20)39-21-6-2-1-3-7-21/h1-10,17,37H,11-16,18-19H2,(H2,31,32,33,38). The van der Waals surface area contributed by atoms with Gasteiger partial charge in [-0.3, -0.25) is 14.8 Å². The molecule has 0 bridgehead atoms. The van der Waals surface area contributed by atoms with Crippen LogP contribution in [-0.4, -0.2) is 75.4 Å². The molecule has 200 valence electrons. The normalized spacial score (nSPS) is 15.3. The molecule has 2 aliphatic heterocycles. The third-order valence-corrected chi connectivity index (χ3v) is 6.98. The van der Waals surface area contributed by atoms with Gasteiger partial charge in [0.2, 0.25) is 5.95 Å². The molecule has 2 aromatic carbocycles. The monoisotopic (exact) mass is 526 g/mol. The first-order valence-corrected chi connectivity index (χ1v) is 13.0. The number of H-pyrrole nitrogens is 1. The quantitative estimate of drug-likeness (QED) is 0.318. The summed E-state index contributed by atoms with van der Waals surface area (Å²) in [4.78, 5) is 28.9. The molecule has 1 amide bonds. The molecular formula is C28H30N8O3. The number of ether oxygens (including phenoxy) is 1. The maximum absolute atomic E-state index is 13.1. The summed E-state index contributed by atoms with van der Waals surface area (Å²) in [5.41, 5.74) is 2.31. The Hall–Kier alpha value is -4.48. The maximum Gasteiger partial charge on any atom is 0.256 e. The summed E-state index contributed by atoms with van der Waals surface area (Å²) in [7, 11) is 0. The van der Waals surface area contributed by atoms with Gasteiger partial charge in [-0.15, -0.1) is 0 Å². The number of para-hydroxylation sites is 1.